The number of nitrogens with one attached hydrogen (secondary N) is 2. The SMILES string of the molecule is O=C(Nc1ccc2ccccc2c1)C1CCC(C(=O)Nc2ccc3ccccc3c2)CC1. The fourth-order valence-electron chi connectivity index (χ4n) is 4.64. The monoisotopic (exact) mass is 422 g/mol. The van der Waals surface area contributed by atoms with Gasteiger partial charge < -0.3 is 10.6 Å². The molecule has 0 saturated heterocycles. The van der Waals surface area contributed by atoms with Crippen molar-refractivity contribution < 1.29 is 9.59 Å². The summed E-state index contributed by atoms with van der Waals surface area (Å²) in [6, 6.07) is 28.2. The predicted molar refractivity (Wildman–Crippen MR) is 131 cm³/mol. The fourth-order valence-corrected chi connectivity index (χ4v) is 4.64. The van der Waals surface area contributed by atoms with E-state index in [-0.39, 0.29) is 23.7 Å². The lowest BCUT2D eigenvalue weighted by molar-refractivity contribution is -0.125. The van der Waals surface area contributed by atoms with Gasteiger partial charge in [0.2, 0.25) is 11.8 Å². The second-order valence-electron chi connectivity index (χ2n) is 8.65. The third kappa shape index (κ3) is 4.35. The molecule has 4 nitrogen and oxygen atoms in total. The first-order valence-electron chi connectivity index (χ1n) is 11.2. The Kier molecular flexibility index (Phi) is 5.59. The van der Waals surface area contributed by atoms with Crippen molar-refractivity contribution in [3.05, 3.63) is 84.9 Å². The lowest BCUT2D eigenvalue weighted by atomic mass is 9.81. The molecule has 1 aliphatic carbocycles. The van der Waals surface area contributed by atoms with Crippen LogP contribution in [-0.4, -0.2) is 11.8 Å². The number of fused-ring (bicyclic) bond motifs is 2. The molecule has 0 radical (unpaired) electrons. The van der Waals surface area contributed by atoms with Crippen LogP contribution >= 0.6 is 0 Å². The highest BCUT2D eigenvalue weighted by molar-refractivity contribution is 5.97. The van der Waals surface area contributed by atoms with Crippen LogP contribution in [0.4, 0.5) is 11.4 Å². The Hall–Kier alpha value is -3.66. The van der Waals surface area contributed by atoms with Gasteiger partial charge in [-0.25, -0.2) is 0 Å². The van der Waals surface area contributed by atoms with Gasteiger partial charge in [-0.05, 0) is 71.5 Å². The second kappa shape index (κ2) is 8.83. The molecule has 1 fully saturated rings. The maximum atomic E-state index is 12.8. The summed E-state index contributed by atoms with van der Waals surface area (Å²) in [7, 11) is 0. The maximum absolute atomic E-state index is 12.8. The van der Waals surface area contributed by atoms with Crippen molar-refractivity contribution in [1.82, 2.24) is 0 Å². The van der Waals surface area contributed by atoms with Crippen molar-refractivity contribution in [2.45, 2.75) is 25.7 Å². The van der Waals surface area contributed by atoms with Gasteiger partial charge in [-0.15, -0.1) is 0 Å². The molecule has 32 heavy (non-hydrogen) atoms. The van der Waals surface area contributed by atoms with Gasteiger partial charge in [-0.2, -0.15) is 0 Å². The van der Waals surface area contributed by atoms with Gasteiger partial charge in [-0.3, -0.25) is 9.59 Å². The van der Waals surface area contributed by atoms with E-state index in [0.29, 0.717) is 0 Å². The lowest BCUT2D eigenvalue weighted by Gasteiger charge is -2.27. The van der Waals surface area contributed by atoms with E-state index >= 15 is 0 Å². The first-order chi connectivity index (χ1) is 15.7. The van der Waals surface area contributed by atoms with Gasteiger partial charge in [0, 0.05) is 23.2 Å². The van der Waals surface area contributed by atoms with E-state index in [2.05, 4.69) is 22.8 Å². The predicted octanol–water partition coefficient (Wildman–Crippen LogP) is 6.38. The van der Waals surface area contributed by atoms with Gasteiger partial charge in [-0.1, -0.05) is 60.7 Å². The number of hydrogen-bond acceptors (Lipinski definition) is 2. The highest BCUT2D eigenvalue weighted by Crippen LogP contribution is 2.31. The number of anilines is 2. The molecule has 0 atom stereocenters. The molecule has 0 spiro atoms. The Morgan fingerprint density at radius 3 is 1.31 bits per heavy atom. The molecule has 2 N–H and O–H groups in total. The minimum atomic E-state index is -0.0498. The molecule has 2 amide bonds. The molecule has 160 valence electrons. The van der Waals surface area contributed by atoms with E-state index in [1.54, 1.807) is 0 Å². The molecule has 1 aliphatic rings. The van der Waals surface area contributed by atoms with Gasteiger partial charge in [0.1, 0.15) is 0 Å². The van der Waals surface area contributed by atoms with Crippen molar-refractivity contribution in [1.29, 1.82) is 0 Å². The summed E-state index contributed by atoms with van der Waals surface area (Å²) in [6.45, 7) is 0. The summed E-state index contributed by atoms with van der Waals surface area (Å²) >= 11 is 0. The molecule has 0 bridgehead atoms. The Morgan fingerprint density at radius 2 is 0.906 bits per heavy atom. The molecule has 1 saturated carbocycles. The molecule has 0 unspecified atom stereocenters. The fraction of sp³-hybridized carbons (Fsp3) is 0.214. The first-order valence-corrected chi connectivity index (χ1v) is 11.2. The Balaban J connectivity index is 1.16. The molecule has 4 heteroatoms. The van der Waals surface area contributed by atoms with Crippen LogP contribution in [0, 0.1) is 11.8 Å². The van der Waals surface area contributed by atoms with Crippen LogP contribution in [0.1, 0.15) is 25.7 Å². The smallest absolute Gasteiger partial charge is 0.227 e. The quantitative estimate of drug-likeness (QED) is 0.401. The Bertz CT molecular complexity index is 1190. The van der Waals surface area contributed by atoms with Crippen LogP contribution in [0.25, 0.3) is 21.5 Å². The number of carbonyl (C=O) groups is 2. The zero-order valence-corrected chi connectivity index (χ0v) is 17.9. The third-order valence-electron chi connectivity index (χ3n) is 6.50. The Labute approximate surface area is 187 Å². The van der Waals surface area contributed by atoms with Crippen LogP contribution in [0.3, 0.4) is 0 Å². The van der Waals surface area contributed by atoms with Crippen molar-refractivity contribution in [3.63, 3.8) is 0 Å². The molecule has 4 aromatic carbocycles. The van der Waals surface area contributed by atoms with E-state index in [1.807, 2.05) is 72.8 Å². The standard InChI is InChI=1S/C28H26N2O2/c31-27(29-25-15-13-19-5-1-3-7-23(19)17-25)21-9-11-22(12-10-21)28(32)30-26-16-14-20-6-2-4-8-24(20)18-26/h1-8,13-18,21-22H,9-12H2,(H,29,31)(H,30,32). The molecular weight excluding hydrogens is 396 g/mol. The van der Waals surface area contributed by atoms with Gasteiger partial charge in [0.15, 0.2) is 0 Å². The van der Waals surface area contributed by atoms with Crippen molar-refractivity contribution in [3.8, 4) is 0 Å². The van der Waals surface area contributed by atoms with Crippen molar-refractivity contribution in [2.75, 3.05) is 10.6 Å². The van der Waals surface area contributed by atoms with Crippen LogP contribution < -0.4 is 10.6 Å². The number of amides is 2. The molecule has 0 aliphatic heterocycles. The summed E-state index contributed by atoms with van der Waals surface area (Å²) in [5.74, 6) is -0.000264. The van der Waals surface area contributed by atoms with Gasteiger partial charge >= 0.3 is 0 Å². The second-order valence-corrected chi connectivity index (χ2v) is 8.65. The molecular formula is C28H26N2O2. The zero-order chi connectivity index (χ0) is 21.9. The van der Waals surface area contributed by atoms with Crippen LogP contribution in [0.2, 0.25) is 0 Å². The van der Waals surface area contributed by atoms with Crippen molar-refractivity contribution >= 4 is 44.7 Å². The third-order valence-corrected chi connectivity index (χ3v) is 6.50. The average Bonchev–Trinajstić information content (AvgIpc) is 2.84. The number of rotatable bonds is 4. The summed E-state index contributed by atoms with van der Waals surface area (Å²) in [5, 5.41) is 10.7. The lowest BCUT2D eigenvalue weighted by Crippen LogP contribution is -2.32. The van der Waals surface area contributed by atoms with Crippen LogP contribution in [-0.2, 0) is 9.59 Å². The molecule has 0 heterocycles. The maximum Gasteiger partial charge on any atom is 0.227 e. The highest BCUT2D eigenvalue weighted by atomic mass is 16.2. The van der Waals surface area contributed by atoms with Crippen molar-refractivity contribution in [2.24, 2.45) is 11.8 Å². The van der Waals surface area contributed by atoms with Gasteiger partial charge in [0.05, 0.1) is 0 Å². The first kappa shape index (κ1) is 20.3. The van der Waals surface area contributed by atoms with E-state index in [1.165, 1.54) is 0 Å². The van der Waals surface area contributed by atoms with Crippen LogP contribution in [0.5, 0.6) is 0 Å². The minimum Gasteiger partial charge on any atom is -0.326 e. The zero-order valence-electron chi connectivity index (χ0n) is 17.9. The summed E-state index contributed by atoms with van der Waals surface area (Å²) in [5.41, 5.74) is 1.65. The van der Waals surface area contributed by atoms with E-state index < -0.39 is 0 Å². The number of carbonyl (C=O) groups excluding carboxylic acids is 2. The largest absolute Gasteiger partial charge is 0.326 e. The summed E-state index contributed by atoms with van der Waals surface area (Å²) < 4.78 is 0. The normalized spacial score (nSPS) is 18.4. The number of hydrogen-bond donors (Lipinski definition) is 2. The topological polar surface area (TPSA) is 58.2 Å². The molecule has 5 rings (SSSR count). The van der Waals surface area contributed by atoms with Gasteiger partial charge in [0.25, 0.3) is 0 Å². The van der Waals surface area contributed by atoms with E-state index in [0.717, 1.165) is 58.6 Å². The molecule has 4 aromatic rings. The number of benzene rings is 4. The highest BCUT2D eigenvalue weighted by Gasteiger charge is 2.30. The van der Waals surface area contributed by atoms with Crippen LogP contribution in [0.15, 0.2) is 84.9 Å². The minimum absolute atomic E-state index is 0.0497. The Morgan fingerprint density at radius 1 is 0.531 bits per heavy atom. The van der Waals surface area contributed by atoms with E-state index in [9.17, 15) is 9.59 Å². The summed E-state index contributed by atoms with van der Waals surface area (Å²) in [6.07, 6.45) is 2.93. The van der Waals surface area contributed by atoms with E-state index in [4.69, 9.17) is 0 Å². The molecule has 0 aromatic heterocycles. The summed E-state index contributed by atoms with van der Waals surface area (Å²) in [4.78, 5) is 25.6. The average molecular weight is 423 g/mol.